The molecule has 0 unspecified atom stereocenters. The molecule has 4 nitrogen and oxygen atoms in total. The van der Waals surface area contributed by atoms with Gasteiger partial charge >= 0.3 is 0 Å². The van der Waals surface area contributed by atoms with Crippen molar-refractivity contribution in [2.45, 2.75) is 57.6 Å². The largest absolute Gasteiger partial charge is 0.350 e. The lowest BCUT2D eigenvalue weighted by Crippen LogP contribution is -2.52. The molecule has 0 heterocycles. The number of nitrogens with zero attached hydrogens (tertiary/aromatic N) is 1. The molecule has 150 valence electrons. The molecule has 2 aromatic carbocycles. The Morgan fingerprint density at radius 2 is 1.64 bits per heavy atom. The van der Waals surface area contributed by atoms with Gasteiger partial charge in [-0.1, -0.05) is 48.0 Å². The zero-order chi connectivity index (χ0) is 20.7. The number of nitrogens with one attached hydrogen (secondary N) is 1. The lowest BCUT2D eigenvalue weighted by molar-refractivity contribution is -0.139. The average molecular weight is 399 g/mol. The van der Waals surface area contributed by atoms with E-state index in [1.165, 1.54) is 17.3 Å². The number of aryl methyl sites for hydroxylation is 1. The summed E-state index contributed by atoms with van der Waals surface area (Å²) in [5, 5.41) is 2.98. The number of carbonyl (C=O) groups excluding carboxylic acids is 2. The van der Waals surface area contributed by atoms with E-state index in [0.717, 1.165) is 10.5 Å². The monoisotopic (exact) mass is 398 g/mol. The Kier molecular flexibility index (Phi) is 7.69. The maximum absolute atomic E-state index is 13.0. The van der Waals surface area contributed by atoms with Gasteiger partial charge in [-0.15, -0.1) is 11.8 Å². The van der Waals surface area contributed by atoms with Crippen LogP contribution in [0.25, 0.3) is 0 Å². The second-order valence-corrected chi connectivity index (χ2v) is 9.07. The molecule has 0 aliphatic carbocycles. The molecule has 0 bridgehead atoms. The molecule has 0 aliphatic rings. The first-order chi connectivity index (χ1) is 13.2. The van der Waals surface area contributed by atoms with Crippen LogP contribution in [0.2, 0.25) is 0 Å². The molecule has 2 rings (SSSR count). The molecule has 1 atom stereocenters. The SMILES string of the molecule is Cc1ccc(SCC(=O)N(Cc2ccccc2)[C@H](C)C(=O)NC(C)(C)C)cc1. The predicted molar refractivity (Wildman–Crippen MR) is 116 cm³/mol. The maximum atomic E-state index is 13.0. The minimum Gasteiger partial charge on any atom is -0.350 e. The van der Waals surface area contributed by atoms with Crippen molar-refractivity contribution in [2.75, 3.05) is 5.75 Å². The molecule has 5 heteroatoms. The average Bonchev–Trinajstić information content (AvgIpc) is 2.64. The lowest BCUT2D eigenvalue weighted by atomic mass is 10.1. The van der Waals surface area contributed by atoms with Gasteiger partial charge in [-0.05, 0) is 52.3 Å². The van der Waals surface area contributed by atoms with E-state index in [4.69, 9.17) is 0 Å². The Morgan fingerprint density at radius 3 is 2.21 bits per heavy atom. The van der Waals surface area contributed by atoms with Crippen LogP contribution < -0.4 is 5.32 Å². The first-order valence-electron chi connectivity index (χ1n) is 9.50. The maximum Gasteiger partial charge on any atom is 0.242 e. The van der Waals surface area contributed by atoms with Gasteiger partial charge in [0.15, 0.2) is 0 Å². The van der Waals surface area contributed by atoms with Crippen molar-refractivity contribution in [3.05, 3.63) is 65.7 Å². The Balaban J connectivity index is 2.12. The van der Waals surface area contributed by atoms with Gasteiger partial charge in [-0.2, -0.15) is 0 Å². The smallest absolute Gasteiger partial charge is 0.242 e. The van der Waals surface area contributed by atoms with Crippen molar-refractivity contribution in [1.29, 1.82) is 0 Å². The number of benzene rings is 2. The summed E-state index contributed by atoms with van der Waals surface area (Å²) in [6, 6.07) is 17.3. The van der Waals surface area contributed by atoms with Crippen LogP contribution in [0.3, 0.4) is 0 Å². The number of amides is 2. The first-order valence-corrected chi connectivity index (χ1v) is 10.5. The molecular formula is C23H30N2O2S. The Hall–Kier alpha value is -2.27. The van der Waals surface area contributed by atoms with Crippen molar-refractivity contribution < 1.29 is 9.59 Å². The Labute approximate surface area is 172 Å². The van der Waals surface area contributed by atoms with Gasteiger partial charge in [0.2, 0.25) is 11.8 Å². The highest BCUT2D eigenvalue weighted by Gasteiger charge is 2.28. The Bertz CT molecular complexity index is 782. The number of rotatable bonds is 7. The van der Waals surface area contributed by atoms with Gasteiger partial charge in [-0.25, -0.2) is 0 Å². The summed E-state index contributed by atoms with van der Waals surface area (Å²) in [5.41, 5.74) is 1.85. The third-order valence-electron chi connectivity index (χ3n) is 4.24. The molecule has 0 saturated carbocycles. The molecule has 0 aliphatic heterocycles. The summed E-state index contributed by atoms with van der Waals surface area (Å²) >= 11 is 1.50. The molecular weight excluding hydrogens is 368 g/mol. The highest BCUT2D eigenvalue weighted by molar-refractivity contribution is 8.00. The van der Waals surface area contributed by atoms with E-state index in [0.29, 0.717) is 12.3 Å². The summed E-state index contributed by atoms with van der Waals surface area (Å²) in [6.45, 7) is 10.1. The first kappa shape index (κ1) is 22.0. The molecule has 0 aromatic heterocycles. The van der Waals surface area contributed by atoms with Crippen LogP contribution in [0.1, 0.15) is 38.8 Å². The van der Waals surface area contributed by atoms with Gasteiger partial charge in [0.1, 0.15) is 6.04 Å². The van der Waals surface area contributed by atoms with Crippen LogP contribution in [-0.4, -0.2) is 34.0 Å². The highest BCUT2D eigenvalue weighted by atomic mass is 32.2. The van der Waals surface area contributed by atoms with Crippen LogP contribution in [0.15, 0.2) is 59.5 Å². The van der Waals surface area contributed by atoms with Crippen LogP contribution in [0.5, 0.6) is 0 Å². The van der Waals surface area contributed by atoms with E-state index in [1.807, 2.05) is 82.3 Å². The fourth-order valence-electron chi connectivity index (χ4n) is 2.70. The molecule has 1 N–H and O–H groups in total. The zero-order valence-corrected chi connectivity index (χ0v) is 18.2. The summed E-state index contributed by atoms with van der Waals surface area (Å²) in [5.74, 6) is 0.103. The third kappa shape index (κ3) is 7.04. The Morgan fingerprint density at radius 1 is 1.04 bits per heavy atom. The number of thioether (sulfide) groups is 1. The van der Waals surface area contributed by atoms with E-state index >= 15 is 0 Å². The van der Waals surface area contributed by atoms with Crippen molar-refractivity contribution in [3.8, 4) is 0 Å². The second kappa shape index (κ2) is 9.78. The highest BCUT2D eigenvalue weighted by Crippen LogP contribution is 2.20. The number of hydrogen-bond donors (Lipinski definition) is 1. The summed E-state index contributed by atoms with van der Waals surface area (Å²) < 4.78 is 0. The van der Waals surface area contributed by atoms with Crippen molar-refractivity contribution in [3.63, 3.8) is 0 Å². The van der Waals surface area contributed by atoms with Gasteiger partial charge in [0.05, 0.1) is 5.75 Å². The summed E-state index contributed by atoms with van der Waals surface area (Å²) in [7, 11) is 0. The normalized spacial score (nSPS) is 12.3. The topological polar surface area (TPSA) is 49.4 Å². The molecule has 2 aromatic rings. The third-order valence-corrected chi connectivity index (χ3v) is 5.24. The van der Waals surface area contributed by atoms with Crippen LogP contribution >= 0.6 is 11.8 Å². The van der Waals surface area contributed by atoms with Gasteiger partial charge < -0.3 is 10.2 Å². The van der Waals surface area contributed by atoms with Crippen molar-refractivity contribution in [2.24, 2.45) is 0 Å². The second-order valence-electron chi connectivity index (χ2n) is 8.02. The van der Waals surface area contributed by atoms with Gasteiger partial charge in [0.25, 0.3) is 0 Å². The quantitative estimate of drug-likeness (QED) is 0.703. The van der Waals surface area contributed by atoms with E-state index in [2.05, 4.69) is 5.32 Å². The molecule has 2 amide bonds. The molecule has 0 radical (unpaired) electrons. The minimum atomic E-state index is -0.550. The number of hydrogen-bond acceptors (Lipinski definition) is 3. The number of carbonyl (C=O) groups is 2. The molecule has 0 saturated heterocycles. The van der Waals surface area contributed by atoms with Crippen LogP contribution in [-0.2, 0) is 16.1 Å². The van der Waals surface area contributed by atoms with Gasteiger partial charge in [0, 0.05) is 17.0 Å². The summed E-state index contributed by atoms with van der Waals surface area (Å²) in [4.78, 5) is 28.4. The fourth-order valence-corrected chi connectivity index (χ4v) is 3.48. The van der Waals surface area contributed by atoms with Crippen LogP contribution in [0.4, 0.5) is 0 Å². The predicted octanol–water partition coefficient (Wildman–Crippen LogP) is 4.42. The van der Waals surface area contributed by atoms with E-state index in [1.54, 1.807) is 11.8 Å². The van der Waals surface area contributed by atoms with E-state index < -0.39 is 6.04 Å². The summed E-state index contributed by atoms with van der Waals surface area (Å²) in [6.07, 6.45) is 0. The fraction of sp³-hybridized carbons (Fsp3) is 0.391. The van der Waals surface area contributed by atoms with Crippen molar-refractivity contribution in [1.82, 2.24) is 10.2 Å². The van der Waals surface area contributed by atoms with E-state index in [9.17, 15) is 9.59 Å². The zero-order valence-electron chi connectivity index (χ0n) is 17.4. The van der Waals surface area contributed by atoms with Crippen molar-refractivity contribution >= 4 is 23.6 Å². The standard InChI is InChI=1S/C23H30N2O2S/c1-17-11-13-20(14-12-17)28-16-21(26)25(15-19-9-7-6-8-10-19)18(2)22(27)24-23(3,4)5/h6-14,18H,15-16H2,1-5H3,(H,24,27)/t18-/m1/s1. The minimum absolute atomic E-state index is 0.0500. The van der Waals surface area contributed by atoms with Crippen LogP contribution in [0, 0.1) is 6.92 Å². The van der Waals surface area contributed by atoms with E-state index in [-0.39, 0.29) is 17.4 Å². The molecule has 0 spiro atoms. The van der Waals surface area contributed by atoms with Gasteiger partial charge in [-0.3, -0.25) is 9.59 Å². The lowest BCUT2D eigenvalue weighted by Gasteiger charge is -2.31. The molecule has 28 heavy (non-hydrogen) atoms. The molecule has 0 fully saturated rings.